The van der Waals surface area contributed by atoms with Crippen molar-refractivity contribution < 1.29 is 19.5 Å². The second-order valence-electron chi connectivity index (χ2n) is 5.19. The van der Waals surface area contributed by atoms with E-state index in [1.54, 1.807) is 24.3 Å². The minimum Gasteiger partial charge on any atom is -0.481 e. The molecule has 0 saturated carbocycles. The van der Waals surface area contributed by atoms with Crippen molar-refractivity contribution in [2.24, 2.45) is 0 Å². The molecule has 0 bridgehead atoms. The third-order valence-electron chi connectivity index (χ3n) is 3.29. The summed E-state index contributed by atoms with van der Waals surface area (Å²) in [6, 6.07) is 16.0. The summed E-state index contributed by atoms with van der Waals surface area (Å²) in [5, 5.41) is 13.9. The summed E-state index contributed by atoms with van der Waals surface area (Å²) in [5.74, 6) is -1.60. The van der Waals surface area contributed by atoms with Gasteiger partial charge in [-0.05, 0) is 29.8 Å². The third-order valence-corrected chi connectivity index (χ3v) is 3.29. The van der Waals surface area contributed by atoms with Crippen LogP contribution < -0.4 is 10.6 Å². The van der Waals surface area contributed by atoms with Crippen LogP contribution in [0.15, 0.2) is 54.6 Å². The number of nitrogens with one attached hydrogen (secondary N) is 2. The van der Waals surface area contributed by atoms with Gasteiger partial charge in [0.2, 0.25) is 5.91 Å². The number of hydrogen-bond acceptors (Lipinski definition) is 3. The van der Waals surface area contributed by atoms with Gasteiger partial charge >= 0.3 is 5.97 Å². The predicted molar refractivity (Wildman–Crippen MR) is 89.6 cm³/mol. The zero-order valence-electron chi connectivity index (χ0n) is 13.0. The van der Waals surface area contributed by atoms with Gasteiger partial charge in [-0.1, -0.05) is 30.3 Å². The molecule has 0 fully saturated rings. The normalized spacial score (nSPS) is 10.0. The quantitative estimate of drug-likeness (QED) is 0.728. The Labute approximate surface area is 139 Å². The molecule has 0 saturated heterocycles. The minimum atomic E-state index is -1.02. The number of carbonyl (C=O) groups excluding carboxylic acids is 2. The highest BCUT2D eigenvalue weighted by molar-refractivity contribution is 5.96. The molecule has 0 aliphatic heterocycles. The second kappa shape index (κ2) is 8.47. The van der Waals surface area contributed by atoms with Gasteiger partial charge in [-0.2, -0.15) is 0 Å². The van der Waals surface area contributed by atoms with Crippen molar-refractivity contribution in [2.75, 3.05) is 5.32 Å². The summed E-state index contributed by atoms with van der Waals surface area (Å²) in [4.78, 5) is 34.0. The van der Waals surface area contributed by atoms with Crippen LogP contribution in [0, 0.1) is 0 Å². The summed E-state index contributed by atoms with van der Waals surface area (Å²) in [7, 11) is 0. The second-order valence-corrected chi connectivity index (χ2v) is 5.19. The van der Waals surface area contributed by atoms with Crippen molar-refractivity contribution in [3.8, 4) is 0 Å². The summed E-state index contributed by atoms with van der Waals surface area (Å²) < 4.78 is 0. The molecule has 124 valence electrons. The Morgan fingerprint density at radius 3 is 2.17 bits per heavy atom. The lowest BCUT2D eigenvalue weighted by atomic mass is 10.1. The van der Waals surface area contributed by atoms with Gasteiger partial charge in [-0.25, -0.2) is 0 Å². The number of anilines is 1. The van der Waals surface area contributed by atoms with Crippen LogP contribution in [0.3, 0.4) is 0 Å². The van der Waals surface area contributed by atoms with Crippen molar-refractivity contribution >= 4 is 23.5 Å². The Balaban J connectivity index is 1.85. The van der Waals surface area contributed by atoms with E-state index in [9.17, 15) is 14.4 Å². The van der Waals surface area contributed by atoms with Crippen LogP contribution >= 0.6 is 0 Å². The maximum Gasteiger partial charge on any atom is 0.303 e. The average molecular weight is 326 g/mol. The molecular weight excluding hydrogens is 308 g/mol. The molecule has 2 amide bonds. The molecule has 2 aromatic carbocycles. The maximum absolute atomic E-state index is 12.1. The van der Waals surface area contributed by atoms with E-state index in [4.69, 9.17) is 5.11 Å². The van der Waals surface area contributed by atoms with Gasteiger partial charge in [0.05, 0.1) is 6.42 Å². The molecule has 0 atom stereocenters. The topological polar surface area (TPSA) is 95.5 Å². The van der Waals surface area contributed by atoms with Gasteiger partial charge in [0, 0.05) is 24.2 Å². The molecule has 6 heteroatoms. The summed E-state index contributed by atoms with van der Waals surface area (Å²) >= 11 is 0. The molecule has 24 heavy (non-hydrogen) atoms. The zero-order valence-corrected chi connectivity index (χ0v) is 13.0. The highest BCUT2D eigenvalue weighted by Crippen LogP contribution is 2.10. The average Bonchev–Trinajstić information content (AvgIpc) is 2.59. The van der Waals surface area contributed by atoms with Gasteiger partial charge in [-0.15, -0.1) is 0 Å². The van der Waals surface area contributed by atoms with E-state index in [0.717, 1.165) is 5.56 Å². The van der Waals surface area contributed by atoms with Crippen LogP contribution in [-0.2, 0) is 16.1 Å². The molecule has 0 spiro atoms. The van der Waals surface area contributed by atoms with Crippen LogP contribution in [0.4, 0.5) is 5.69 Å². The lowest BCUT2D eigenvalue weighted by Crippen LogP contribution is -2.22. The first-order chi connectivity index (χ1) is 11.5. The number of benzene rings is 2. The van der Waals surface area contributed by atoms with Crippen LogP contribution in [0.2, 0.25) is 0 Å². The van der Waals surface area contributed by atoms with Gasteiger partial charge in [0.25, 0.3) is 5.91 Å². The minimum absolute atomic E-state index is 0.0886. The molecule has 0 aliphatic carbocycles. The highest BCUT2D eigenvalue weighted by Gasteiger charge is 2.08. The Morgan fingerprint density at radius 2 is 1.54 bits per heavy atom. The van der Waals surface area contributed by atoms with E-state index >= 15 is 0 Å². The fraction of sp³-hybridized carbons (Fsp3) is 0.167. The molecule has 2 rings (SSSR count). The van der Waals surface area contributed by atoms with Gasteiger partial charge in [0.1, 0.15) is 0 Å². The molecule has 0 heterocycles. The van der Waals surface area contributed by atoms with Crippen molar-refractivity contribution in [3.63, 3.8) is 0 Å². The Bertz CT molecular complexity index is 712. The number of carboxylic acids is 1. The van der Waals surface area contributed by atoms with E-state index in [0.29, 0.717) is 17.8 Å². The molecule has 0 aliphatic rings. The number of aliphatic carboxylic acids is 1. The smallest absolute Gasteiger partial charge is 0.303 e. The molecular formula is C18H18N2O4. The Morgan fingerprint density at radius 1 is 0.875 bits per heavy atom. The highest BCUT2D eigenvalue weighted by atomic mass is 16.4. The first kappa shape index (κ1) is 17.2. The summed E-state index contributed by atoms with van der Waals surface area (Å²) in [6.45, 7) is 0.438. The SMILES string of the molecule is O=C(O)CCC(=O)Nc1ccc(C(=O)NCc2ccccc2)cc1. The van der Waals surface area contributed by atoms with Crippen LogP contribution in [0.5, 0.6) is 0 Å². The molecule has 0 unspecified atom stereocenters. The van der Waals surface area contributed by atoms with Crippen LogP contribution in [0.1, 0.15) is 28.8 Å². The Hall–Kier alpha value is -3.15. The van der Waals surface area contributed by atoms with E-state index in [-0.39, 0.29) is 24.7 Å². The lowest BCUT2D eigenvalue weighted by molar-refractivity contribution is -0.138. The molecule has 0 aromatic heterocycles. The van der Waals surface area contributed by atoms with Gasteiger partial charge < -0.3 is 15.7 Å². The number of hydrogen-bond donors (Lipinski definition) is 3. The van der Waals surface area contributed by atoms with Crippen molar-refractivity contribution in [3.05, 3.63) is 65.7 Å². The molecule has 2 aromatic rings. The van der Waals surface area contributed by atoms with E-state index in [1.165, 1.54) is 0 Å². The van der Waals surface area contributed by atoms with Crippen molar-refractivity contribution in [2.45, 2.75) is 19.4 Å². The summed E-state index contributed by atoms with van der Waals surface area (Å²) in [5.41, 5.74) is 2.01. The lowest BCUT2D eigenvalue weighted by Gasteiger charge is -2.07. The third kappa shape index (κ3) is 5.57. The van der Waals surface area contributed by atoms with E-state index < -0.39 is 5.97 Å². The molecule has 3 N–H and O–H groups in total. The maximum atomic E-state index is 12.1. The predicted octanol–water partition coefficient (Wildman–Crippen LogP) is 2.42. The largest absolute Gasteiger partial charge is 0.481 e. The fourth-order valence-electron chi connectivity index (χ4n) is 2.03. The van der Waals surface area contributed by atoms with Crippen LogP contribution in [-0.4, -0.2) is 22.9 Å². The molecule has 6 nitrogen and oxygen atoms in total. The monoisotopic (exact) mass is 326 g/mol. The van der Waals surface area contributed by atoms with Crippen LogP contribution in [0.25, 0.3) is 0 Å². The van der Waals surface area contributed by atoms with Gasteiger partial charge in [0.15, 0.2) is 0 Å². The number of carbonyl (C=O) groups is 3. The van der Waals surface area contributed by atoms with E-state index in [1.807, 2.05) is 30.3 Å². The van der Waals surface area contributed by atoms with Crippen molar-refractivity contribution in [1.82, 2.24) is 5.32 Å². The number of amides is 2. The zero-order chi connectivity index (χ0) is 17.4. The van der Waals surface area contributed by atoms with E-state index in [2.05, 4.69) is 10.6 Å². The summed E-state index contributed by atoms with van der Waals surface area (Å²) in [6.07, 6.45) is -0.305. The van der Waals surface area contributed by atoms with Gasteiger partial charge in [-0.3, -0.25) is 14.4 Å². The first-order valence-electron chi connectivity index (χ1n) is 7.48. The van der Waals surface area contributed by atoms with Crippen molar-refractivity contribution in [1.29, 1.82) is 0 Å². The fourth-order valence-corrected chi connectivity index (χ4v) is 2.03. The standard InChI is InChI=1S/C18H18N2O4/c21-16(10-11-17(22)23)20-15-8-6-14(7-9-15)18(24)19-12-13-4-2-1-3-5-13/h1-9H,10-12H2,(H,19,24)(H,20,21)(H,22,23). The number of rotatable bonds is 7. The first-order valence-corrected chi connectivity index (χ1v) is 7.48. The number of carboxylic acid groups (broad SMARTS) is 1. The Kier molecular flexibility index (Phi) is 6.08. The molecule has 0 radical (unpaired) electrons.